The number of ether oxygens (including phenoxy) is 3. The molecule has 0 aromatic rings. The Balaban J connectivity index is 3.53. The van der Waals surface area contributed by atoms with E-state index in [1.54, 1.807) is 0 Å². The normalized spacial score (nSPS) is 13.0. The van der Waals surface area contributed by atoms with Crippen molar-refractivity contribution in [2.45, 2.75) is 26.1 Å². The highest BCUT2D eigenvalue weighted by Crippen LogP contribution is 1.99. The van der Waals surface area contributed by atoms with Crippen molar-refractivity contribution in [2.75, 3.05) is 39.6 Å². The summed E-state index contributed by atoms with van der Waals surface area (Å²) in [6, 6.07) is 0. The predicted octanol–water partition coefficient (Wildman–Crippen LogP) is 0.147. The van der Waals surface area contributed by atoms with Crippen molar-refractivity contribution in [1.82, 2.24) is 0 Å². The van der Waals surface area contributed by atoms with Gasteiger partial charge in [-0.2, -0.15) is 0 Å². The smallest absolute Gasteiger partial charge is 0.180 e. The third-order valence-electron chi connectivity index (χ3n) is 1.69. The van der Waals surface area contributed by atoms with E-state index >= 15 is 0 Å². The van der Waals surface area contributed by atoms with Crippen molar-refractivity contribution in [2.24, 2.45) is 0 Å². The lowest BCUT2D eigenvalue weighted by Gasteiger charge is -2.17. The van der Waals surface area contributed by atoms with Crippen LogP contribution < -0.4 is 0 Å². The average molecular weight is 222 g/mol. The van der Waals surface area contributed by atoms with Gasteiger partial charge >= 0.3 is 0 Å². The van der Waals surface area contributed by atoms with E-state index in [9.17, 15) is 0 Å². The van der Waals surface area contributed by atoms with E-state index in [1.807, 2.05) is 0 Å². The first-order valence-electron chi connectivity index (χ1n) is 5.37. The van der Waals surface area contributed by atoms with Crippen LogP contribution in [0.1, 0.15) is 19.8 Å². The van der Waals surface area contributed by atoms with Crippen LogP contribution in [0.15, 0.2) is 0 Å². The summed E-state index contributed by atoms with van der Waals surface area (Å²) in [5.41, 5.74) is 0. The zero-order valence-corrected chi connectivity index (χ0v) is 9.35. The molecule has 0 radical (unpaired) electrons. The molecule has 0 amide bonds. The van der Waals surface area contributed by atoms with Crippen molar-refractivity contribution < 1.29 is 24.4 Å². The van der Waals surface area contributed by atoms with Crippen LogP contribution in [0.25, 0.3) is 0 Å². The van der Waals surface area contributed by atoms with Gasteiger partial charge < -0.3 is 24.4 Å². The van der Waals surface area contributed by atoms with Gasteiger partial charge in [0.1, 0.15) is 0 Å². The van der Waals surface area contributed by atoms with E-state index in [0.717, 1.165) is 12.8 Å². The van der Waals surface area contributed by atoms with Crippen molar-refractivity contribution in [3.63, 3.8) is 0 Å². The molecule has 5 nitrogen and oxygen atoms in total. The Morgan fingerprint density at radius 2 is 1.67 bits per heavy atom. The summed E-state index contributed by atoms with van der Waals surface area (Å²) in [5.74, 6) is 0. The number of hydrogen-bond acceptors (Lipinski definition) is 5. The van der Waals surface area contributed by atoms with Gasteiger partial charge in [0, 0.05) is 6.61 Å². The minimum absolute atomic E-state index is 0.0122. The van der Waals surface area contributed by atoms with Gasteiger partial charge in [-0.25, -0.2) is 0 Å². The van der Waals surface area contributed by atoms with Gasteiger partial charge in [-0.15, -0.1) is 0 Å². The highest BCUT2D eigenvalue weighted by molar-refractivity contribution is 4.44. The summed E-state index contributed by atoms with van der Waals surface area (Å²) in [6.45, 7) is 3.44. The number of rotatable bonds is 11. The van der Waals surface area contributed by atoms with Crippen molar-refractivity contribution in [3.05, 3.63) is 0 Å². The average Bonchev–Trinajstić information content (AvgIpc) is 2.25. The minimum Gasteiger partial charge on any atom is -0.394 e. The van der Waals surface area contributed by atoms with Crippen molar-refractivity contribution >= 4 is 0 Å². The topological polar surface area (TPSA) is 68.2 Å². The van der Waals surface area contributed by atoms with Gasteiger partial charge in [-0.3, -0.25) is 0 Å². The van der Waals surface area contributed by atoms with Crippen LogP contribution in [0.5, 0.6) is 0 Å². The Morgan fingerprint density at radius 3 is 2.27 bits per heavy atom. The molecule has 0 saturated carbocycles. The Kier molecular flexibility index (Phi) is 11.7. The molecule has 1 atom stereocenters. The van der Waals surface area contributed by atoms with E-state index < -0.39 is 6.29 Å². The summed E-state index contributed by atoms with van der Waals surface area (Å²) in [4.78, 5) is 0. The van der Waals surface area contributed by atoms with E-state index in [2.05, 4.69) is 6.92 Å². The van der Waals surface area contributed by atoms with Crippen molar-refractivity contribution in [3.8, 4) is 0 Å². The first-order chi connectivity index (χ1) is 7.35. The maximum Gasteiger partial charge on any atom is 0.180 e. The number of hydrogen-bond donors (Lipinski definition) is 2. The molecule has 0 bridgehead atoms. The number of unbranched alkanes of at least 4 members (excludes halogenated alkanes) is 1. The quantitative estimate of drug-likeness (QED) is 0.384. The van der Waals surface area contributed by atoms with Crippen LogP contribution in [-0.4, -0.2) is 56.1 Å². The molecule has 92 valence electrons. The largest absolute Gasteiger partial charge is 0.394 e. The monoisotopic (exact) mass is 222 g/mol. The highest BCUT2D eigenvalue weighted by atomic mass is 16.7. The molecule has 2 N–H and O–H groups in total. The minimum atomic E-state index is -0.449. The van der Waals surface area contributed by atoms with Crippen LogP contribution >= 0.6 is 0 Å². The maximum absolute atomic E-state index is 8.60. The summed E-state index contributed by atoms with van der Waals surface area (Å²) >= 11 is 0. The van der Waals surface area contributed by atoms with Gasteiger partial charge in [-0.1, -0.05) is 13.3 Å². The van der Waals surface area contributed by atoms with Crippen LogP contribution in [0, 0.1) is 0 Å². The molecule has 0 heterocycles. The van der Waals surface area contributed by atoms with Gasteiger partial charge in [0.05, 0.1) is 33.0 Å². The second kappa shape index (κ2) is 11.9. The molecule has 1 unspecified atom stereocenters. The zero-order chi connectivity index (χ0) is 11.4. The molecular weight excluding hydrogens is 200 g/mol. The standard InChI is InChI=1S/C10H22O5/c1-2-3-6-14-10(15-8-5-12)9-13-7-4-11/h10-12H,2-9H2,1H3. The first-order valence-corrected chi connectivity index (χ1v) is 5.37. The summed E-state index contributed by atoms with van der Waals surface area (Å²) in [7, 11) is 0. The summed E-state index contributed by atoms with van der Waals surface area (Å²) < 4.78 is 15.7. The van der Waals surface area contributed by atoms with Gasteiger partial charge in [0.25, 0.3) is 0 Å². The second-order valence-electron chi connectivity index (χ2n) is 3.05. The molecule has 0 spiro atoms. The fourth-order valence-electron chi connectivity index (χ4n) is 0.932. The third kappa shape index (κ3) is 10.1. The summed E-state index contributed by atoms with van der Waals surface area (Å²) in [6.07, 6.45) is 1.58. The molecule has 0 fully saturated rings. The van der Waals surface area contributed by atoms with E-state index in [4.69, 9.17) is 24.4 Å². The second-order valence-corrected chi connectivity index (χ2v) is 3.05. The van der Waals surface area contributed by atoms with Gasteiger partial charge in [0.2, 0.25) is 0 Å². The molecule has 0 rings (SSSR count). The lowest BCUT2D eigenvalue weighted by atomic mass is 10.4. The molecule has 5 heteroatoms. The molecule has 0 aromatic carbocycles. The van der Waals surface area contributed by atoms with Crippen LogP contribution in [-0.2, 0) is 14.2 Å². The Bertz CT molecular complexity index is 110. The Morgan fingerprint density at radius 1 is 1.00 bits per heavy atom. The van der Waals surface area contributed by atoms with Gasteiger partial charge in [-0.05, 0) is 6.42 Å². The molecular formula is C10H22O5. The van der Waals surface area contributed by atoms with E-state index in [0.29, 0.717) is 6.61 Å². The number of aliphatic hydroxyl groups excluding tert-OH is 2. The Labute approximate surface area is 91.0 Å². The van der Waals surface area contributed by atoms with Crippen LogP contribution in [0.2, 0.25) is 0 Å². The Hall–Kier alpha value is -0.200. The molecule has 0 saturated heterocycles. The summed E-state index contributed by atoms with van der Waals surface area (Å²) in [5, 5.41) is 17.1. The molecule has 0 aliphatic heterocycles. The fraction of sp³-hybridized carbons (Fsp3) is 1.00. The highest BCUT2D eigenvalue weighted by Gasteiger charge is 2.08. The maximum atomic E-state index is 8.60. The lowest BCUT2D eigenvalue weighted by Crippen LogP contribution is -2.26. The zero-order valence-electron chi connectivity index (χ0n) is 9.35. The first kappa shape index (κ1) is 14.8. The molecule has 0 aliphatic carbocycles. The van der Waals surface area contributed by atoms with E-state index in [-0.39, 0.29) is 33.0 Å². The number of aliphatic hydroxyl groups is 2. The van der Waals surface area contributed by atoms with E-state index in [1.165, 1.54) is 0 Å². The molecule has 0 aliphatic rings. The van der Waals surface area contributed by atoms with Crippen LogP contribution in [0.4, 0.5) is 0 Å². The van der Waals surface area contributed by atoms with Crippen LogP contribution in [0.3, 0.4) is 0 Å². The SMILES string of the molecule is CCCCOC(COCCO)OCCO. The predicted molar refractivity (Wildman–Crippen MR) is 55.6 cm³/mol. The molecule has 0 aromatic heterocycles. The fourth-order valence-corrected chi connectivity index (χ4v) is 0.932. The lowest BCUT2D eigenvalue weighted by molar-refractivity contribution is -0.177. The third-order valence-corrected chi connectivity index (χ3v) is 1.69. The molecule has 15 heavy (non-hydrogen) atoms. The van der Waals surface area contributed by atoms with Gasteiger partial charge in [0.15, 0.2) is 6.29 Å². The van der Waals surface area contributed by atoms with Crippen molar-refractivity contribution in [1.29, 1.82) is 0 Å².